The number of halogens is 1. The molecule has 0 saturated carbocycles. The van der Waals surface area contributed by atoms with Crippen molar-refractivity contribution in [1.82, 2.24) is 0 Å². The largest absolute Gasteiger partial charge is 0.298 e. The maximum Gasteiger partial charge on any atom is 0.146 e. The Morgan fingerprint density at radius 3 is 2.60 bits per heavy atom. The first-order valence-corrected chi connectivity index (χ1v) is 4.97. The number of rotatable bonds is 3. The van der Waals surface area contributed by atoms with Crippen LogP contribution in [0.4, 0.5) is 4.39 Å². The fraction of sp³-hybridized carbons (Fsp3) is 0.308. The van der Waals surface area contributed by atoms with Crippen LogP contribution in [0.5, 0.6) is 0 Å². The number of carbonyl (C=O) groups is 1. The van der Waals surface area contributed by atoms with Gasteiger partial charge in [0, 0.05) is 0 Å². The SMILES string of the molecule is Cc1ccc(F)cc1/C=C(\C=O)C(C)C. The van der Waals surface area contributed by atoms with E-state index in [4.69, 9.17) is 0 Å². The highest BCUT2D eigenvalue weighted by Crippen LogP contribution is 2.17. The number of aryl methyl sites for hydroxylation is 1. The second kappa shape index (κ2) is 4.87. The maximum absolute atomic E-state index is 13.0. The topological polar surface area (TPSA) is 17.1 Å². The van der Waals surface area contributed by atoms with Gasteiger partial charge in [-0.15, -0.1) is 0 Å². The Labute approximate surface area is 89.6 Å². The van der Waals surface area contributed by atoms with Crippen LogP contribution in [0.25, 0.3) is 6.08 Å². The molecule has 0 bridgehead atoms. The van der Waals surface area contributed by atoms with Gasteiger partial charge >= 0.3 is 0 Å². The molecule has 1 aromatic rings. The highest BCUT2D eigenvalue weighted by molar-refractivity contribution is 5.82. The average Bonchev–Trinajstić information content (AvgIpc) is 2.18. The molecule has 0 amide bonds. The lowest BCUT2D eigenvalue weighted by Crippen LogP contribution is -1.95. The zero-order valence-electron chi connectivity index (χ0n) is 9.25. The van der Waals surface area contributed by atoms with Gasteiger partial charge in [0.1, 0.15) is 12.1 Å². The lowest BCUT2D eigenvalue weighted by molar-refractivity contribution is -0.105. The summed E-state index contributed by atoms with van der Waals surface area (Å²) in [6.07, 6.45) is 2.57. The fourth-order valence-corrected chi connectivity index (χ4v) is 1.28. The first-order chi connectivity index (χ1) is 7.04. The first-order valence-electron chi connectivity index (χ1n) is 4.97. The van der Waals surface area contributed by atoms with Gasteiger partial charge < -0.3 is 0 Å². The standard InChI is InChI=1S/C13H15FO/c1-9(2)12(8-15)6-11-7-13(14)5-4-10(11)3/h4-9H,1-3H3/b12-6+. The molecule has 1 nitrogen and oxygen atoms in total. The maximum atomic E-state index is 13.0. The van der Waals surface area contributed by atoms with Crippen LogP contribution in [0.3, 0.4) is 0 Å². The van der Waals surface area contributed by atoms with Gasteiger partial charge in [0.2, 0.25) is 0 Å². The molecule has 1 aromatic carbocycles. The van der Waals surface area contributed by atoms with E-state index in [1.165, 1.54) is 12.1 Å². The highest BCUT2D eigenvalue weighted by Gasteiger charge is 2.04. The molecule has 0 heterocycles. The molecular formula is C13H15FO. The van der Waals surface area contributed by atoms with Crippen LogP contribution in [0.15, 0.2) is 23.8 Å². The van der Waals surface area contributed by atoms with Crippen molar-refractivity contribution in [2.24, 2.45) is 5.92 Å². The molecule has 0 N–H and O–H groups in total. The van der Waals surface area contributed by atoms with Crippen molar-refractivity contribution in [3.63, 3.8) is 0 Å². The van der Waals surface area contributed by atoms with Gasteiger partial charge in [-0.25, -0.2) is 4.39 Å². The van der Waals surface area contributed by atoms with Crippen molar-refractivity contribution >= 4 is 12.4 Å². The molecule has 0 aliphatic heterocycles. The van der Waals surface area contributed by atoms with Crippen molar-refractivity contribution in [2.75, 3.05) is 0 Å². The van der Waals surface area contributed by atoms with E-state index < -0.39 is 0 Å². The van der Waals surface area contributed by atoms with Crippen molar-refractivity contribution < 1.29 is 9.18 Å². The van der Waals surface area contributed by atoms with E-state index in [9.17, 15) is 9.18 Å². The Hall–Kier alpha value is -1.44. The van der Waals surface area contributed by atoms with E-state index in [-0.39, 0.29) is 11.7 Å². The quantitative estimate of drug-likeness (QED) is 0.547. The minimum atomic E-state index is -0.277. The smallest absolute Gasteiger partial charge is 0.146 e. The normalized spacial score (nSPS) is 11.9. The van der Waals surface area contributed by atoms with Gasteiger partial charge in [0.25, 0.3) is 0 Å². The molecule has 0 atom stereocenters. The first kappa shape index (κ1) is 11.6. The van der Waals surface area contributed by atoms with E-state index in [1.807, 2.05) is 20.8 Å². The summed E-state index contributed by atoms with van der Waals surface area (Å²) in [5.41, 5.74) is 2.42. The molecule has 0 spiro atoms. The summed E-state index contributed by atoms with van der Waals surface area (Å²) in [5.74, 6) is -0.119. The molecular weight excluding hydrogens is 191 g/mol. The van der Waals surface area contributed by atoms with E-state index >= 15 is 0 Å². The number of carbonyl (C=O) groups excluding carboxylic acids is 1. The lowest BCUT2D eigenvalue weighted by Gasteiger charge is -2.05. The second-order valence-electron chi connectivity index (χ2n) is 3.92. The molecule has 80 valence electrons. The van der Waals surface area contributed by atoms with Crippen molar-refractivity contribution in [1.29, 1.82) is 0 Å². The lowest BCUT2D eigenvalue weighted by atomic mass is 9.99. The molecule has 0 saturated heterocycles. The summed E-state index contributed by atoms with van der Waals surface area (Å²) < 4.78 is 13.0. The molecule has 0 unspecified atom stereocenters. The van der Waals surface area contributed by atoms with Gasteiger partial charge in [-0.2, -0.15) is 0 Å². The van der Waals surface area contributed by atoms with Gasteiger partial charge in [0.15, 0.2) is 0 Å². The predicted molar refractivity (Wildman–Crippen MR) is 60.0 cm³/mol. The zero-order valence-corrected chi connectivity index (χ0v) is 9.25. The van der Waals surface area contributed by atoms with Gasteiger partial charge in [-0.1, -0.05) is 19.9 Å². The van der Waals surface area contributed by atoms with Crippen LogP contribution in [-0.2, 0) is 4.79 Å². The van der Waals surface area contributed by atoms with Gasteiger partial charge in [-0.05, 0) is 47.8 Å². The molecule has 0 aliphatic rings. The molecule has 0 aromatic heterocycles. The van der Waals surface area contributed by atoms with Gasteiger partial charge in [0.05, 0.1) is 0 Å². The summed E-state index contributed by atoms with van der Waals surface area (Å²) in [5, 5.41) is 0. The minimum Gasteiger partial charge on any atom is -0.298 e. The van der Waals surface area contributed by atoms with Crippen LogP contribution < -0.4 is 0 Å². The number of benzene rings is 1. The van der Waals surface area contributed by atoms with E-state index in [0.717, 1.165) is 17.4 Å². The van der Waals surface area contributed by atoms with Crippen LogP contribution in [0.1, 0.15) is 25.0 Å². The minimum absolute atomic E-state index is 0.158. The Balaban J connectivity index is 3.16. The molecule has 0 aliphatic carbocycles. The van der Waals surface area contributed by atoms with Crippen LogP contribution in [0, 0.1) is 18.7 Å². The number of aldehydes is 1. The third-order valence-corrected chi connectivity index (χ3v) is 2.37. The monoisotopic (exact) mass is 206 g/mol. The molecule has 0 fully saturated rings. The van der Waals surface area contributed by atoms with Crippen LogP contribution in [0.2, 0.25) is 0 Å². The zero-order chi connectivity index (χ0) is 11.4. The van der Waals surface area contributed by atoms with Crippen LogP contribution in [-0.4, -0.2) is 6.29 Å². The van der Waals surface area contributed by atoms with E-state index in [1.54, 1.807) is 12.1 Å². The molecule has 2 heteroatoms. The Kier molecular flexibility index (Phi) is 3.78. The fourth-order valence-electron chi connectivity index (χ4n) is 1.28. The molecule has 1 rings (SSSR count). The van der Waals surface area contributed by atoms with Crippen molar-refractivity contribution in [3.8, 4) is 0 Å². The third-order valence-electron chi connectivity index (χ3n) is 2.37. The van der Waals surface area contributed by atoms with Crippen LogP contribution >= 0.6 is 0 Å². The number of hydrogen-bond acceptors (Lipinski definition) is 1. The molecule has 15 heavy (non-hydrogen) atoms. The Morgan fingerprint density at radius 1 is 1.40 bits per heavy atom. The summed E-state index contributed by atoms with van der Waals surface area (Å²) in [7, 11) is 0. The van der Waals surface area contributed by atoms with E-state index in [2.05, 4.69) is 0 Å². The number of hydrogen-bond donors (Lipinski definition) is 0. The third kappa shape index (κ3) is 3.01. The predicted octanol–water partition coefficient (Wildman–Crippen LogP) is 3.37. The highest BCUT2D eigenvalue weighted by atomic mass is 19.1. The Bertz CT molecular complexity index is 392. The number of allylic oxidation sites excluding steroid dienone is 1. The Morgan fingerprint density at radius 2 is 2.07 bits per heavy atom. The van der Waals surface area contributed by atoms with Gasteiger partial charge in [-0.3, -0.25) is 4.79 Å². The molecule has 0 radical (unpaired) electrons. The second-order valence-corrected chi connectivity index (χ2v) is 3.92. The summed E-state index contributed by atoms with van der Waals surface area (Å²) in [6.45, 7) is 5.78. The summed E-state index contributed by atoms with van der Waals surface area (Å²) >= 11 is 0. The van der Waals surface area contributed by atoms with E-state index in [0.29, 0.717) is 5.57 Å². The average molecular weight is 206 g/mol. The van der Waals surface area contributed by atoms with Crippen molar-refractivity contribution in [3.05, 3.63) is 40.7 Å². The summed E-state index contributed by atoms with van der Waals surface area (Å²) in [4.78, 5) is 10.8. The van der Waals surface area contributed by atoms with Crippen molar-refractivity contribution in [2.45, 2.75) is 20.8 Å². The summed E-state index contributed by atoms with van der Waals surface area (Å²) in [6, 6.07) is 4.58.